The van der Waals surface area contributed by atoms with Crippen molar-refractivity contribution in [3.63, 3.8) is 0 Å². The van der Waals surface area contributed by atoms with Gasteiger partial charge in [0.25, 0.3) is 0 Å². The van der Waals surface area contributed by atoms with Gasteiger partial charge in [-0.15, -0.1) is 0 Å². The molecule has 0 amide bonds. The third-order valence-electron chi connectivity index (χ3n) is 4.52. The van der Waals surface area contributed by atoms with E-state index in [9.17, 15) is 9.59 Å². The molecule has 0 bridgehead atoms. The molecule has 0 spiro atoms. The van der Waals surface area contributed by atoms with Crippen LogP contribution in [0.1, 0.15) is 49.9 Å². The lowest BCUT2D eigenvalue weighted by Gasteiger charge is -2.35. The van der Waals surface area contributed by atoms with Gasteiger partial charge in [-0.05, 0) is 26.0 Å². The standard InChI is InChI=1S/C18H24BrNO3/c1-18(2,14-9-11-20-12-10-14)23-17(22)8-7-16(21)13-3-5-15(19)6-4-13/h3-6,14,20H,7-12H2,1-2H3/p+1. The van der Waals surface area contributed by atoms with Crippen LogP contribution in [0.3, 0.4) is 0 Å². The molecule has 0 aliphatic carbocycles. The molecular weight excluding hydrogens is 358 g/mol. The van der Waals surface area contributed by atoms with Crippen molar-refractivity contribution in [2.75, 3.05) is 13.1 Å². The minimum absolute atomic E-state index is 0.0282. The lowest BCUT2D eigenvalue weighted by Crippen LogP contribution is -2.86. The summed E-state index contributed by atoms with van der Waals surface area (Å²) >= 11 is 3.34. The van der Waals surface area contributed by atoms with Crippen molar-refractivity contribution in [2.45, 2.75) is 45.1 Å². The van der Waals surface area contributed by atoms with Crippen LogP contribution in [0.5, 0.6) is 0 Å². The fourth-order valence-corrected chi connectivity index (χ4v) is 3.31. The lowest BCUT2D eigenvalue weighted by atomic mass is 9.83. The summed E-state index contributed by atoms with van der Waals surface area (Å²) in [4.78, 5) is 24.2. The van der Waals surface area contributed by atoms with Gasteiger partial charge in [0.05, 0.1) is 19.5 Å². The first-order chi connectivity index (χ1) is 10.9. The largest absolute Gasteiger partial charge is 0.459 e. The summed E-state index contributed by atoms with van der Waals surface area (Å²) in [5, 5.41) is 2.30. The summed E-state index contributed by atoms with van der Waals surface area (Å²) in [7, 11) is 0. The lowest BCUT2D eigenvalue weighted by molar-refractivity contribution is -0.665. The first-order valence-corrected chi connectivity index (χ1v) is 9.00. The highest BCUT2D eigenvalue weighted by molar-refractivity contribution is 9.10. The van der Waals surface area contributed by atoms with Crippen molar-refractivity contribution >= 4 is 27.7 Å². The molecule has 0 aromatic heterocycles. The molecule has 1 aromatic rings. The summed E-state index contributed by atoms with van der Waals surface area (Å²) in [5.41, 5.74) is 0.175. The summed E-state index contributed by atoms with van der Waals surface area (Å²) in [5.74, 6) is 0.0909. The molecule has 2 rings (SSSR count). The van der Waals surface area contributed by atoms with E-state index in [1.165, 1.54) is 0 Å². The van der Waals surface area contributed by atoms with E-state index in [0.29, 0.717) is 11.5 Å². The number of carbonyl (C=O) groups excluding carboxylic acids is 2. The van der Waals surface area contributed by atoms with Gasteiger partial charge >= 0.3 is 5.97 Å². The van der Waals surface area contributed by atoms with Gasteiger partial charge in [0.1, 0.15) is 5.60 Å². The van der Waals surface area contributed by atoms with Crippen LogP contribution in [0.4, 0.5) is 0 Å². The molecule has 2 N–H and O–H groups in total. The number of hydrogen-bond donors (Lipinski definition) is 1. The second kappa shape index (κ2) is 8.06. The molecule has 126 valence electrons. The van der Waals surface area contributed by atoms with Crippen LogP contribution in [-0.2, 0) is 9.53 Å². The predicted molar refractivity (Wildman–Crippen MR) is 92.3 cm³/mol. The second-order valence-corrected chi connectivity index (χ2v) is 7.56. The molecule has 1 fully saturated rings. The van der Waals surface area contributed by atoms with Gasteiger partial charge < -0.3 is 10.1 Å². The highest BCUT2D eigenvalue weighted by Gasteiger charge is 2.35. The van der Waals surface area contributed by atoms with E-state index >= 15 is 0 Å². The number of hydrogen-bond acceptors (Lipinski definition) is 3. The summed E-state index contributed by atoms with van der Waals surface area (Å²) in [6.07, 6.45) is 2.46. The number of quaternary nitrogens is 1. The number of halogens is 1. The first kappa shape index (κ1) is 18.1. The molecule has 4 nitrogen and oxygen atoms in total. The first-order valence-electron chi connectivity index (χ1n) is 8.21. The molecule has 0 radical (unpaired) electrons. The third-order valence-corrected chi connectivity index (χ3v) is 5.05. The molecular formula is C18H25BrNO3+. The SMILES string of the molecule is CC(C)(OC(=O)CCC(=O)c1ccc(Br)cc1)C1CC[NH2+]CC1. The maximum atomic E-state index is 12.1. The van der Waals surface area contributed by atoms with E-state index in [1.807, 2.05) is 26.0 Å². The number of piperidine rings is 1. The minimum Gasteiger partial charge on any atom is -0.459 e. The molecule has 1 aliphatic heterocycles. The van der Waals surface area contributed by atoms with Crippen molar-refractivity contribution in [2.24, 2.45) is 5.92 Å². The summed E-state index contributed by atoms with van der Waals surface area (Å²) in [6.45, 7) is 6.15. The van der Waals surface area contributed by atoms with Crippen LogP contribution in [0.15, 0.2) is 28.7 Å². The smallest absolute Gasteiger partial charge is 0.306 e. The fourth-order valence-electron chi connectivity index (χ4n) is 3.05. The maximum absolute atomic E-state index is 12.1. The van der Waals surface area contributed by atoms with Crippen molar-refractivity contribution in [1.82, 2.24) is 0 Å². The topological polar surface area (TPSA) is 60.0 Å². The third kappa shape index (κ3) is 5.43. The van der Waals surface area contributed by atoms with Crippen LogP contribution in [-0.4, -0.2) is 30.4 Å². The van der Waals surface area contributed by atoms with Crippen LogP contribution < -0.4 is 5.32 Å². The van der Waals surface area contributed by atoms with Crippen molar-refractivity contribution in [3.05, 3.63) is 34.3 Å². The van der Waals surface area contributed by atoms with E-state index in [1.54, 1.807) is 12.1 Å². The van der Waals surface area contributed by atoms with Crippen LogP contribution >= 0.6 is 15.9 Å². The Balaban J connectivity index is 1.82. The Morgan fingerprint density at radius 2 is 1.78 bits per heavy atom. The number of ketones is 1. The summed E-state index contributed by atoms with van der Waals surface area (Å²) < 4.78 is 6.60. The molecule has 5 heteroatoms. The minimum atomic E-state index is -0.452. The van der Waals surface area contributed by atoms with Crippen LogP contribution in [0.2, 0.25) is 0 Å². The van der Waals surface area contributed by atoms with Gasteiger partial charge in [-0.1, -0.05) is 28.1 Å². The molecule has 0 unspecified atom stereocenters. The Bertz CT molecular complexity index is 548. The Hall–Kier alpha value is -1.20. The average molecular weight is 383 g/mol. The zero-order valence-electron chi connectivity index (χ0n) is 13.8. The maximum Gasteiger partial charge on any atom is 0.306 e. The zero-order valence-corrected chi connectivity index (χ0v) is 15.4. The van der Waals surface area contributed by atoms with Gasteiger partial charge in [0.2, 0.25) is 0 Å². The molecule has 1 heterocycles. The van der Waals surface area contributed by atoms with E-state index in [-0.39, 0.29) is 24.6 Å². The Morgan fingerprint density at radius 1 is 1.17 bits per heavy atom. The van der Waals surface area contributed by atoms with E-state index in [2.05, 4.69) is 21.2 Å². The Kier molecular flexibility index (Phi) is 6.36. The van der Waals surface area contributed by atoms with Crippen molar-refractivity contribution < 1.29 is 19.6 Å². The van der Waals surface area contributed by atoms with Gasteiger partial charge in [-0.3, -0.25) is 9.59 Å². The highest BCUT2D eigenvalue weighted by atomic mass is 79.9. The normalized spacial score (nSPS) is 16.1. The average Bonchev–Trinajstić information content (AvgIpc) is 2.54. The predicted octanol–water partition coefficient (Wildman–Crippen LogP) is 2.71. The van der Waals surface area contributed by atoms with E-state index in [0.717, 1.165) is 30.4 Å². The number of Topliss-reactive ketones (excluding diaryl/α,β-unsaturated/α-hetero) is 1. The number of nitrogens with two attached hydrogens (primary N) is 1. The summed E-state index contributed by atoms with van der Waals surface area (Å²) in [6, 6.07) is 7.18. The second-order valence-electron chi connectivity index (χ2n) is 6.65. The van der Waals surface area contributed by atoms with Gasteiger partial charge in [-0.25, -0.2) is 0 Å². The Labute approximate surface area is 146 Å². The van der Waals surface area contributed by atoms with Crippen LogP contribution in [0.25, 0.3) is 0 Å². The number of benzene rings is 1. The van der Waals surface area contributed by atoms with Crippen LogP contribution in [0, 0.1) is 5.92 Å². The quantitative estimate of drug-likeness (QED) is 0.607. The van der Waals surface area contributed by atoms with Gasteiger partial charge in [0.15, 0.2) is 5.78 Å². The molecule has 1 aromatic carbocycles. The molecule has 1 saturated heterocycles. The zero-order chi connectivity index (χ0) is 16.9. The van der Waals surface area contributed by atoms with Crippen molar-refractivity contribution in [3.8, 4) is 0 Å². The molecule has 1 aliphatic rings. The highest BCUT2D eigenvalue weighted by Crippen LogP contribution is 2.28. The Morgan fingerprint density at radius 3 is 2.39 bits per heavy atom. The van der Waals surface area contributed by atoms with E-state index < -0.39 is 5.60 Å². The fraction of sp³-hybridized carbons (Fsp3) is 0.556. The van der Waals surface area contributed by atoms with E-state index in [4.69, 9.17) is 4.74 Å². The molecule has 0 saturated carbocycles. The van der Waals surface area contributed by atoms with Gasteiger partial charge in [0, 0.05) is 35.2 Å². The number of carbonyl (C=O) groups is 2. The van der Waals surface area contributed by atoms with Gasteiger partial charge in [-0.2, -0.15) is 0 Å². The molecule has 0 atom stereocenters. The number of rotatable bonds is 6. The molecule has 23 heavy (non-hydrogen) atoms. The number of esters is 1. The number of ether oxygens (including phenoxy) is 1. The monoisotopic (exact) mass is 382 g/mol. The van der Waals surface area contributed by atoms with Crippen molar-refractivity contribution in [1.29, 1.82) is 0 Å².